The van der Waals surface area contributed by atoms with Crippen molar-refractivity contribution in [2.24, 2.45) is 0 Å². The zero-order valence-electron chi connectivity index (χ0n) is 19.8. The number of alkyl carbamates (subject to hydrolysis) is 1. The van der Waals surface area contributed by atoms with Crippen molar-refractivity contribution in [2.45, 2.75) is 39.5 Å². The molecule has 3 aromatic rings. The number of ether oxygens (including phenoxy) is 2. The molecule has 0 aliphatic heterocycles. The van der Waals surface area contributed by atoms with Gasteiger partial charge in [0.2, 0.25) is 0 Å². The molecule has 3 N–H and O–H groups in total. The maximum absolute atomic E-state index is 12.5. The molecule has 0 unspecified atom stereocenters. The molecule has 0 atom stereocenters. The van der Waals surface area contributed by atoms with Crippen LogP contribution in [0.4, 0.5) is 21.0 Å². The minimum absolute atomic E-state index is 0.136. The van der Waals surface area contributed by atoms with Gasteiger partial charge in [0.05, 0.1) is 0 Å². The number of carbonyl (C=O) groups excluding carboxylic acids is 3. The van der Waals surface area contributed by atoms with Gasteiger partial charge in [0.1, 0.15) is 12.2 Å². The maximum atomic E-state index is 12.5. The van der Waals surface area contributed by atoms with E-state index >= 15 is 0 Å². The van der Waals surface area contributed by atoms with Crippen LogP contribution in [0, 0.1) is 0 Å². The molecule has 182 valence electrons. The van der Waals surface area contributed by atoms with Crippen molar-refractivity contribution in [3.63, 3.8) is 0 Å². The summed E-state index contributed by atoms with van der Waals surface area (Å²) in [5, 5.41) is 8.11. The lowest BCUT2D eigenvalue weighted by molar-refractivity contribution is 0.0635. The van der Waals surface area contributed by atoms with Crippen molar-refractivity contribution in [3.8, 4) is 0 Å². The fourth-order valence-corrected chi connectivity index (χ4v) is 2.89. The molecule has 0 saturated heterocycles. The molecule has 9 nitrogen and oxygen atoms in total. The van der Waals surface area contributed by atoms with E-state index in [1.807, 2.05) is 6.07 Å². The van der Waals surface area contributed by atoms with Crippen molar-refractivity contribution >= 4 is 29.5 Å². The Morgan fingerprint density at radius 2 is 1.49 bits per heavy atom. The summed E-state index contributed by atoms with van der Waals surface area (Å²) >= 11 is 0. The summed E-state index contributed by atoms with van der Waals surface area (Å²) in [6, 6.07) is 17.1. The fourth-order valence-electron chi connectivity index (χ4n) is 2.89. The average Bonchev–Trinajstić information content (AvgIpc) is 2.82. The van der Waals surface area contributed by atoms with Crippen LogP contribution < -0.4 is 16.0 Å². The summed E-state index contributed by atoms with van der Waals surface area (Å²) in [4.78, 5) is 40.2. The highest BCUT2D eigenvalue weighted by Crippen LogP contribution is 2.16. The first-order valence-electron chi connectivity index (χ1n) is 11.0. The first-order valence-corrected chi connectivity index (χ1v) is 11.0. The number of nitrogens with zero attached hydrogens (tertiary/aromatic N) is 1. The molecule has 35 heavy (non-hydrogen) atoms. The first kappa shape index (κ1) is 25.2. The Bertz CT molecular complexity index is 1140. The molecular weight excluding hydrogens is 448 g/mol. The second kappa shape index (κ2) is 11.6. The number of hydrogen-bond acceptors (Lipinski definition) is 6. The molecule has 0 spiro atoms. The molecule has 0 fully saturated rings. The van der Waals surface area contributed by atoms with Crippen LogP contribution in [0.2, 0.25) is 0 Å². The predicted octanol–water partition coefficient (Wildman–Crippen LogP) is 5.11. The lowest BCUT2D eigenvalue weighted by Crippen LogP contribution is -2.27. The van der Waals surface area contributed by atoms with Gasteiger partial charge in [-0.3, -0.25) is 15.1 Å². The molecule has 0 bridgehead atoms. The third-order valence-electron chi connectivity index (χ3n) is 4.53. The van der Waals surface area contributed by atoms with Crippen LogP contribution in [0.25, 0.3) is 0 Å². The Hall–Kier alpha value is -4.40. The highest BCUT2D eigenvalue weighted by atomic mass is 16.6. The molecule has 1 heterocycles. The van der Waals surface area contributed by atoms with Crippen molar-refractivity contribution in [1.29, 1.82) is 0 Å². The van der Waals surface area contributed by atoms with E-state index in [1.54, 1.807) is 87.8 Å². The van der Waals surface area contributed by atoms with Crippen LogP contribution in [0.3, 0.4) is 0 Å². The van der Waals surface area contributed by atoms with E-state index in [9.17, 15) is 14.4 Å². The van der Waals surface area contributed by atoms with E-state index in [0.717, 1.165) is 11.1 Å². The topological polar surface area (TPSA) is 119 Å². The van der Waals surface area contributed by atoms with Gasteiger partial charge < -0.3 is 20.1 Å². The average molecular weight is 477 g/mol. The number of aromatic nitrogens is 1. The summed E-state index contributed by atoms with van der Waals surface area (Å²) < 4.78 is 10.4. The number of carbonyl (C=O) groups is 3. The van der Waals surface area contributed by atoms with Gasteiger partial charge in [-0.1, -0.05) is 18.2 Å². The SMILES string of the molecule is CC(C)(C)OC(=O)Nc1ccc(NC(=O)c2ccc(CNC(=O)OCc3cccnc3)cc2)cc1. The van der Waals surface area contributed by atoms with Crippen LogP contribution in [0.1, 0.15) is 42.3 Å². The van der Waals surface area contributed by atoms with Gasteiger partial charge in [-0.05, 0) is 68.8 Å². The quantitative estimate of drug-likeness (QED) is 0.436. The molecule has 3 amide bonds. The highest BCUT2D eigenvalue weighted by Gasteiger charge is 2.16. The first-order chi connectivity index (χ1) is 16.7. The number of benzene rings is 2. The normalized spacial score (nSPS) is 10.7. The van der Waals surface area contributed by atoms with E-state index in [0.29, 0.717) is 16.9 Å². The van der Waals surface area contributed by atoms with E-state index in [1.165, 1.54) is 0 Å². The van der Waals surface area contributed by atoms with Crippen LogP contribution >= 0.6 is 0 Å². The van der Waals surface area contributed by atoms with Crippen LogP contribution in [0.5, 0.6) is 0 Å². The number of amides is 3. The lowest BCUT2D eigenvalue weighted by atomic mass is 10.1. The van der Waals surface area contributed by atoms with Crippen molar-refractivity contribution in [2.75, 3.05) is 10.6 Å². The number of nitrogens with one attached hydrogen (secondary N) is 3. The summed E-state index contributed by atoms with van der Waals surface area (Å²) in [6.07, 6.45) is 2.19. The Morgan fingerprint density at radius 1 is 0.829 bits per heavy atom. The molecule has 9 heteroatoms. The largest absolute Gasteiger partial charge is 0.445 e. The van der Waals surface area contributed by atoms with Crippen molar-refractivity contribution in [3.05, 3.63) is 89.7 Å². The summed E-state index contributed by atoms with van der Waals surface area (Å²) in [5.41, 5.74) is 2.61. The Labute approximate surface area is 203 Å². The Morgan fingerprint density at radius 3 is 2.09 bits per heavy atom. The number of hydrogen-bond donors (Lipinski definition) is 3. The minimum atomic E-state index is -0.590. The predicted molar refractivity (Wildman–Crippen MR) is 132 cm³/mol. The van der Waals surface area contributed by atoms with Gasteiger partial charge in [-0.15, -0.1) is 0 Å². The van der Waals surface area contributed by atoms with Crippen LogP contribution in [-0.4, -0.2) is 28.7 Å². The van der Waals surface area contributed by atoms with Gasteiger partial charge in [0, 0.05) is 41.4 Å². The highest BCUT2D eigenvalue weighted by molar-refractivity contribution is 6.04. The zero-order chi connectivity index (χ0) is 25.3. The van der Waals surface area contributed by atoms with Crippen LogP contribution in [-0.2, 0) is 22.6 Å². The van der Waals surface area contributed by atoms with Gasteiger partial charge in [0.25, 0.3) is 5.91 Å². The standard InChI is InChI=1S/C26H28N4O5/c1-26(2,3)35-25(33)30-22-12-10-21(11-13-22)29-23(31)20-8-6-18(7-9-20)16-28-24(32)34-17-19-5-4-14-27-15-19/h4-15H,16-17H2,1-3H3,(H,28,32)(H,29,31)(H,30,33). The smallest absolute Gasteiger partial charge is 0.412 e. The lowest BCUT2D eigenvalue weighted by Gasteiger charge is -2.19. The molecule has 3 rings (SSSR count). The van der Waals surface area contributed by atoms with Gasteiger partial charge >= 0.3 is 12.2 Å². The maximum Gasteiger partial charge on any atom is 0.412 e. The van der Waals surface area contributed by atoms with Gasteiger partial charge in [-0.2, -0.15) is 0 Å². The number of pyridine rings is 1. The van der Waals surface area contributed by atoms with Gasteiger partial charge in [-0.25, -0.2) is 9.59 Å². The fraction of sp³-hybridized carbons (Fsp3) is 0.231. The third kappa shape index (κ3) is 8.81. The minimum Gasteiger partial charge on any atom is -0.445 e. The molecule has 1 aromatic heterocycles. The zero-order valence-corrected chi connectivity index (χ0v) is 19.8. The molecule has 2 aromatic carbocycles. The van der Waals surface area contributed by atoms with Crippen molar-refractivity contribution in [1.82, 2.24) is 10.3 Å². The Kier molecular flexibility index (Phi) is 8.39. The molecule has 0 aliphatic carbocycles. The second-order valence-corrected chi connectivity index (χ2v) is 8.65. The second-order valence-electron chi connectivity index (χ2n) is 8.65. The summed E-state index contributed by atoms with van der Waals surface area (Å²) in [6.45, 7) is 5.76. The van der Waals surface area contributed by atoms with E-state index in [4.69, 9.17) is 9.47 Å². The van der Waals surface area contributed by atoms with E-state index < -0.39 is 17.8 Å². The number of rotatable bonds is 7. The summed E-state index contributed by atoms with van der Waals surface area (Å²) in [7, 11) is 0. The third-order valence-corrected chi connectivity index (χ3v) is 4.53. The number of anilines is 2. The van der Waals surface area contributed by atoms with E-state index in [-0.39, 0.29) is 19.1 Å². The monoisotopic (exact) mass is 476 g/mol. The molecule has 0 saturated carbocycles. The summed E-state index contributed by atoms with van der Waals surface area (Å²) in [5.74, 6) is -0.284. The molecule has 0 aliphatic rings. The molecule has 0 radical (unpaired) electrons. The van der Waals surface area contributed by atoms with Crippen molar-refractivity contribution < 1.29 is 23.9 Å². The molecular formula is C26H28N4O5. The van der Waals surface area contributed by atoms with Gasteiger partial charge in [0.15, 0.2) is 0 Å². The van der Waals surface area contributed by atoms with E-state index in [2.05, 4.69) is 20.9 Å². The van der Waals surface area contributed by atoms with Crippen LogP contribution in [0.15, 0.2) is 73.1 Å². The Balaban J connectivity index is 1.44.